The number of nitrogens with one attached hydrogen (secondary N) is 2. The predicted octanol–water partition coefficient (Wildman–Crippen LogP) is 2.07. The lowest BCUT2D eigenvalue weighted by Crippen LogP contribution is -2.31. The first-order chi connectivity index (χ1) is 8.70. The monoisotopic (exact) mass is 248 g/mol. The van der Waals surface area contributed by atoms with Gasteiger partial charge in [-0.05, 0) is 52.1 Å². The Morgan fingerprint density at radius 1 is 1.22 bits per heavy atom. The van der Waals surface area contributed by atoms with Crippen molar-refractivity contribution in [3.8, 4) is 0 Å². The van der Waals surface area contributed by atoms with Crippen LogP contribution < -0.4 is 10.6 Å². The summed E-state index contributed by atoms with van der Waals surface area (Å²) in [6.07, 6.45) is 3.49. The molecule has 0 radical (unpaired) electrons. The number of aromatic nitrogens is 2. The number of anilines is 1. The predicted molar refractivity (Wildman–Crippen MR) is 75.0 cm³/mol. The van der Waals surface area contributed by atoms with E-state index in [0.717, 1.165) is 49.3 Å². The molecular formula is C14H24N4. The van der Waals surface area contributed by atoms with Crippen molar-refractivity contribution in [3.63, 3.8) is 0 Å². The van der Waals surface area contributed by atoms with Gasteiger partial charge in [-0.25, -0.2) is 9.97 Å². The van der Waals surface area contributed by atoms with Crippen LogP contribution in [-0.4, -0.2) is 29.6 Å². The van der Waals surface area contributed by atoms with Crippen LogP contribution in [0.15, 0.2) is 0 Å². The van der Waals surface area contributed by atoms with E-state index in [9.17, 15) is 0 Å². The zero-order chi connectivity index (χ0) is 13.0. The molecule has 0 aliphatic carbocycles. The summed E-state index contributed by atoms with van der Waals surface area (Å²) in [6, 6.07) is 0. The van der Waals surface area contributed by atoms with Crippen molar-refractivity contribution in [2.75, 3.05) is 25.0 Å². The fourth-order valence-electron chi connectivity index (χ4n) is 2.53. The minimum atomic E-state index is 0.769. The summed E-state index contributed by atoms with van der Waals surface area (Å²) < 4.78 is 0. The number of rotatable bonds is 4. The van der Waals surface area contributed by atoms with E-state index < -0.39 is 0 Å². The lowest BCUT2D eigenvalue weighted by molar-refractivity contribution is 0.389. The van der Waals surface area contributed by atoms with E-state index in [1.165, 1.54) is 18.4 Å². The third-order valence-corrected chi connectivity index (χ3v) is 3.71. The molecule has 1 aromatic heterocycles. The summed E-state index contributed by atoms with van der Waals surface area (Å²) in [5.41, 5.74) is 2.37. The van der Waals surface area contributed by atoms with Crippen molar-refractivity contribution >= 4 is 5.82 Å². The molecule has 0 saturated carbocycles. The van der Waals surface area contributed by atoms with Gasteiger partial charge in [-0.3, -0.25) is 0 Å². The summed E-state index contributed by atoms with van der Waals surface area (Å²) in [7, 11) is 0. The first-order valence-electron chi connectivity index (χ1n) is 6.99. The van der Waals surface area contributed by atoms with Crippen LogP contribution in [0.25, 0.3) is 0 Å². The SMILES string of the molecule is CCc1nc(C)nc(NCC2CCNCC2)c1C. The minimum absolute atomic E-state index is 0.769. The molecule has 0 aromatic carbocycles. The van der Waals surface area contributed by atoms with Gasteiger partial charge in [-0.1, -0.05) is 6.92 Å². The van der Waals surface area contributed by atoms with Crippen LogP contribution in [0.3, 0.4) is 0 Å². The fourth-order valence-corrected chi connectivity index (χ4v) is 2.53. The molecule has 1 aliphatic heterocycles. The van der Waals surface area contributed by atoms with Crippen LogP contribution in [0.1, 0.15) is 36.8 Å². The lowest BCUT2D eigenvalue weighted by atomic mass is 9.98. The molecule has 1 aliphatic rings. The smallest absolute Gasteiger partial charge is 0.132 e. The average molecular weight is 248 g/mol. The Bertz CT molecular complexity index is 397. The van der Waals surface area contributed by atoms with Crippen LogP contribution in [0.4, 0.5) is 5.82 Å². The Kier molecular flexibility index (Phi) is 4.53. The van der Waals surface area contributed by atoms with Crippen LogP contribution >= 0.6 is 0 Å². The number of nitrogens with zero attached hydrogens (tertiary/aromatic N) is 2. The van der Waals surface area contributed by atoms with Gasteiger partial charge in [0.1, 0.15) is 11.6 Å². The van der Waals surface area contributed by atoms with E-state index in [4.69, 9.17) is 0 Å². The van der Waals surface area contributed by atoms with Crippen molar-refractivity contribution in [3.05, 3.63) is 17.1 Å². The lowest BCUT2D eigenvalue weighted by Gasteiger charge is -2.23. The van der Waals surface area contributed by atoms with Crippen LogP contribution in [0.5, 0.6) is 0 Å². The largest absolute Gasteiger partial charge is 0.369 e. The van der Waals surface area contributed by atoms with E-state index in [1.807, 2.05) is 6.92 Å². The molecule has 2 rings (SSSR count). The third kappa shape index (κ3) is 3.19. The van der Waals surface area contributed by atoms with Crippen LogP contribution in [0.2, 0.25) is 0 Å². The summed E-state index contributed by atoms with van der Waals surface area (Å²) in [5, 5.41) is 6.92. The maximum atomic E-state index is 4.53. The normalized spacial score (nSPS) is 16.8. The molecule has 0 spiro atoms. The maximum Gasteiger partial charge on any atom is 0.132 e. The maximum absolute atomic E-state index is 4.53. The van der Waals surface area contributed by atoms with Gasteiger partial charge < -0.3 is 10.6 Å². The molecule has 2 N–H and O–H groups in total. The molecule has 0 bridgehead atoms. The standard InChI is InChI=1S/C14H24N4/c1-4-13-10(2)14(18-11(3)17-13)16-9-12-5-7-15-8-6-12/h12,15H,4-9H2,1-3H3,(H,16,17,18). The zero-order valence-electron chi connectivity index (χ0n) is 11.7. The van der Waals surface area contributed by atoms with E-state index in [2.05, 4.69) is 34.4 Å². The molecule has 0 amide bonds. The Hall–Kier alpha value is -1.16. The van der Waals surface area contributed by atoms with Gasteiger partial charge in [0.25, 0.3) is 0 Å². The molecule has 1 saturated heterocycles. The highest BCUT2D eigenvalue weighted by Gasteiger charge is 2.14. The van der Waals surface area contributed by atoms with Gasteiger partial charge >= 0.3 is 0 Å². The Morgan fingerprint density at radius 3 is 2.61 bits per heavy atom. The highest BCUT2D eigenvalue weighted by molar-refractivity contribution is 5.45. The Morgan fingerprint density at radius 2 is 1.94 bits per heavy atom. The van der Waals surface area contributed by atoms with E-state index in [1.54, 1.807) is 0 Å². The van der Waals surface area contributed by atoms with Gasteiger partial charge in [0.05, 0.1) is 0 Å². The highest BCUT2D eigenvalue weighted by Crippen LogP contribution is 2.18. The van der Waals surface area contributed by atoms with Gasteiger partial charge in [0.2, 0.25) is 0 Å². The summed E-state index contributed by atoms with van der Waals surface area (Å²) in [4.78, 5) is 9.01. The van der Waals surface area contributed by atoms with E-state index >= 15 is 0 Å². The fraction of sp³-hybridized carbons (Fsp3) is 0.714. The molecular weight excluding hydrogens is 224 g/mol. The van der Waals surface area contributed by atoms with Gasteiger partial charge in [0.15, 0.2) is 0 Å². The number of hydrogen-bond acceptors (Lipinski definition) is 4. The molecule has 4 nitrogen and oxygen atoms in total. The molecule has 1 aromatic rings. The molecule has 18 heavy (non-hydrogen) atoms. The zero-order valence-corrected chi connectivity index (χ0v) is 11.7. The van der Waals surface area contributed by atoms with Crippen LogP contribution in [0, 0.1) is 19.8 Å². The second-order valence-electron chi connectivity index (χ2n) is 5.12. The van der Waals surface area contributed by atoms with Crippen molar-refractivity contribution in [2.24, 2.45) is 5.92 Å². The average Bonchev–Trinajstić information content (AvgIpc) is 2.40. The minimum Gasteiger partial charge on any atom is -0.369 e. The Labute approximate surface area is 110 Å². The van der Waals surface area contributed by atoms with E-state index in [0.29, 0.717) is 0 Å². The first kappa shape index (κ1) is 13.3. The summed E-state index contributed by atoms with van der Waals surface area (Å²) in [5.74, 6) is 2.66. The quantitative estimate of drug-likeness (QED) is 0.856. The van der Waals surface area contributed by atoms with Gasteiger partial charge in [-0.15, -0.1) is 0 Å². The highest BCUT2D eigenvalue weighted by atomic mass is 15.0. The molecule has 0 atom stereocenters. The van der Waals surface area contributed by atoms with Crippen LogP contribution in [-0.2, 0) is 6.42 Å². The molecule has 2 heterocycles. The van der Waals surface area contributed by atoms with Crippen molar-refractivity contribution < 1.29 is 0 Å². The number of aryl methyl sites for hydroxylation is 2. The van der Waals surface area contributed by atoms with Gasteiger partial charge in [0, 0.05) is 17.8 Å². The Balaban J connectivity index is 2.01. The number of hydrogen-bond donors (Lipinski definition) is 2. The molecule has 1 fully saturated rings. The molecule has 100 valence electrons. The first-order valence-corrected chi connectivity index (χ1v) is 6.99. The van der Waals surface area contributed by atoms with Crippen molar-refractivity contribution in [2.45, 2.75) is 40.0 Å². The molecule has 0 unspecified atom stereocenters. The van der Waals surface area contributed by atoms with Crippen molar-refractivity contribution in [1.29, 1.82) is 0 Å². The topological polar surface area (TPSA) is 49.8 Å². The van der Waals surface area contributed by atoms with E-state index in [-0.39, 0.29) is 0 Å². The summed E-state index contributed by atoms with van der Waals surface area (Å²) >= 11 is 0. The van der Waals surface area contributed by atoms with Gasteiger partial charge in [-0.2, -0.15) is 0 Å². The summed E-state index contributed by atoms with van der Waals surface area (Å²) in [6.45, 7) is 9.55. The molecule has 4 heteroatoms. The third-order valence-electron chi connectivity index (χ3n) is 3.71. The second-order valence-corrected chi connectivity index (χ2v) is 5.12. The van der Waals surface area contributed by atoms with Crippen molar-refractivity contribution in [1.82, 2.24) is 15.3 Å². The second kappa shape index (κ2) is 6.14. The number of piperidine rings is 1.